The predicted molar refractivity (Wildman–Crippen MR) is 76.4 cm³/mol. The van der Waals surface area contributed by atoms with Crippen LogP contribution >= 0.6 is 0 Å². The van der Waals surface area contributed by atoms with E-state index in [4.69, 9.17) is 14.6 Å². The van der Waals surface area contributed by atoms with Crippen LogP contribution in [0.2, 0.25) is 0 Å². The number of nitrogens with zero attached hydrogens (tertiary/aromatic N) is 1. The van der Waals surface area contributed by atoms with Crippen molar-refractivity contribution in [1.29, 1.82) is 0 Å². The molecule has 0 aliphatic carbocycles. The van der Waals surface area contributed by atoms with Gasteiger partial charge in [0.15, 0.2) is 0 Å². The van der Waals surface area contributed by atoms with Gasteiger partial charge in [0.25, 0.3) is 0 Å². The first kappa shape index (κ1) is 15.3. The van der Waals surface area contributed by atoms with Gasteiger partial charge in [0, 0.05) is 25.6 Å². The summed E-state index contributed by atoms with van der Waals surface area (Å²) in [5.74, 6) is 0.115. The average molecular weight is 312 g/mol. The summed E-state index contributed by atoms with van der Waals surface area (Å²) < 4.78 is 35.1. The Balaban J connectivity index is 2.34. The highest BCUT2D eigenvalue weighted by Crippen LogP contribution is 2.31. The monoisotopic (exact) mass is 312 g/mol. The van der Waals surface area contributed by atoms with Crippen LogP contribution in [-0.2, 0) is 26.6 Å². The number of primary sulfonamides is 1. The molecule has 0 unspecified atom stereocenters. The summed E-state index contributed by atoms with van der Waals surface area (Å²) in [6.45, 7) is 1.61. The molecule has 2 aromatic rings. The van der Waals surface area contributed by atoms with Crippen LogP contribution in [0.3, 0.4) is 0 Å². The lowest BCUT2D eigenvalue weighted by molar-refractivity contribution is -0.141. The molecule has 0 atom stereocenters. The number of hydrogen-bond donors (Lipinski definition) is 1. The molecular formula is C13H16N2O5S. The van der Waals surface area contributed by atoms with Crippen LogP contribution in [0.25, 0.3) is 10.9 Å². The van der Waals surface area contributed by atoms with Crippen LogP contribution in [0.1, 0.15) is 6.92 Å². The topological polar surface area (TPSA) is 101 Å². The molecule has 2 rings (SSSR count). The van der Waals surface area contributed by atoms with Crippen molar-refractivity contribution in [2.75, 3.05) is 13.2 Å². The predicted octanol–water partition coefficient (Wildman–Crippen LogP) is 0.768. The first-order chi connectivity index (χ1) is 9.80. The third-order valence-electron chi connectivity index (χ3n) is 2.88. The lowest BCUT2D eigenvalue weighted by Crippen LogP contribution is -2.11. The summed E-state index contributed by atoms with van der Waals surface area (Å²) in [6.07, 6.45) is 1.44. The van der Waals surface area contributed by atoms with E-state index in [0.717, 1.165) is 0 Å². The molecule has 0 bridgehead atoms. The molecule has 0 aliphatic rings. The van der Waals surface area contributed by atoms with Crippen LogP contribution < -0.4 is 9.88 Å². The molecule has 2 N–H and O–H groups in total. The van der Waals surface area contributed by atoms with Gasteiger partial charge in [-0.05, 0) is 6.07 Å². The number of carbonyl (C=O) groups is 1. The lowest BCUT2D eigenvalue weighted by Gasteiger charge is -2.09. The number of aryl methyl sites for hydroxylation is 1. The fourth-order valence-electron chi connectivity index (χ4n) is 2.08. The second-order valence-electron chi connectivity index (χ2n) is 4.49. The number of ether oxygens (including phenoxy) is 2. The van der Waals surface area contributed by atoms with Crippen molar-refractivity contribution < 1.29 is 22.7 Å². The maximum Gasteiger partial charge on any atom is 0.302 e. The van der Waals surface area contributed by atoms with E-state index in [1.165, 1.54) is 13.1 Å². The Hall–Kier alpha value is -2.06. The number of nitrogens with two attached hydrogens (primary N) is 1. The normalized spacial score (nSPS) is 11.6. The van der Waals surface area contributed by atoms with Crippen molar-refractivity contribution in [2.45, 2.75) is 11.8 Å². The maximum atomic E-state index is 11.6. The Bertz CT molecular complexity index is 779. The minimum absolute atomic E-state index is 0.0467. The first-order valence-electron chi connectivity index (χ1n) is 6.17. The molecule has 0 amide bonds. The quantitative estimate of drug-likeness (QED) is 0.649. The van der Waals surface area contributed by atoms with Crippen LogP contribution in [0.15, 0.2) is 29.3 Å². The average Bonchev–Trinajstić information content (AvgIpc) is 2.73. The molecular weight excluding hydrogens is 296 g/mol. The highest BCUT2D eigenvalue weighted by Gasteiger charge is 2.18. The van der Waals surface area contributed by atoms with E-state index in [1.54, 1.807) is 29.8 Å². The highest BCUT2D eigenvalue weighted by atomic mass is 32.2. The molecule has 114 valence electrons. The Morgan fingerprint density at radius 1 is 1.33 bits per heavy atom. The number of sulfonamides is 1. The van der Waals surface area contributed by atoms with E-state index in [-0.39, 0.29) is 24.1 Å². The van der Waals surface area contributed by atoms with Gasteiger partial charge in [0.05, 0.1) is 5.52 Å². The number of carbonyl (C=O) groups excluding carboxylic acids is 1. The van der Waals surface area contributed by atoms with Crippen molar-refractivity contribution in [3.63, 3.8) is 0 Å². The summed E-state index contributed by atoms with van der Waals surface area (Å²) in [6, 6.07) is 5.05. The number of aromatic nitrogens is 1. The summed E-state index contributed by atoms with van der Waals surface area (Å²) in [4.78, 5) is 10.7. The van der Waals surface area contributed by atoms with Gasteiger partial charge in [-0.1, -0.05) is 12.1 Å². The van der Waals surface area contributed by atoms with Gasteiger partial charge in [-0.3, -0.25) is 4.79 Å². The second kappa shape index (κ2) is 5.74. The van der Waals surface area contributed by atoms with E-state index in [9.17, 15) is 13.2 Å². The minimum Gasteiger partial charge on any atom is -0.488 e. The zero-order chi connectivity index (χ0) is 15.6. The van der Waals surface area contributed by atoms with Crippen LogP contribution in [0.5, 0.6) is 5.75 Å². The van der Waals surface area contributed by atoms with Crippen LogP contribution in [0, 0.1) is 0 Å². The molecule has 7 nitrogen and oxygen atoms in total. The van der Waals surface area contributed by atoms with Crippen molar-refractivity contribution in [2.24, 2.45) is 12.2 Å². The van der Waals surface area contributed by atoms with Crippen LogP contribution in [0.4, 0.5) is 0 Å². The van der Waals surface area contributed by atoms with E-state index in [1.807, 2.05) is 0 Å². The van der Waals surface area contributed by atoms with Crippen molar-refractivity contribution in [1.82, 2.24) is 4.57 Å². The van der Waals surface area contributed by atoms with Gasteiger partial charge >= 0.3 is 5.97 Å². The number of esters is 1. The van der Waals surface area contributed by atoms with Gasteiger partial charge in [-0.2, -0.15) is 0 Å². The van der Waals surface area contributed by atoms with Crippen molar-refractivity contribution >= 4 is 26.9 Å². The lowest BCUT2D eigenvalue weighted by atomic mass is 10.2. The molecule has 1 aromatic heterocycles. The van der Waals surface area contributed by atoms with E-state index in [0.29, 0.717) is 16.7 Å². The van der Waals surface area contributed by atoms with E-state index >= 15 is 0 Å². The standard InChI is InChI=1S/C13H16N2O5S/c1-9(16)19-6-7-20-11-5-3-4-10-12(21(14,17)18)8-15(2)13(10)11/h3-5,8H,6-7H2,1-2H3,(H2,14,17,18). The van der Waals surface area contributed by atoms with Crippen LogP contribution in [-0.4, -0.2) is 32.2 Å². The number of fused-ring (bicyclic) bond motifs is 1. The molecule has 8 heteroatoms. The SMILES string of the molecule is CC(=O)OCCOc1cccc2c(S(N)(=O)=O)cn(C)c12. The summed E-state index contributed by atoms with van der Waals surface area (Å²) in [5.41, 5.74) is 0.615. The first-order valence-corrected chi connectivity index (χ1v) is 7.72. The van der Waals surface area contributed by atoms with Gasteiger partial charge in [-0.15, -0.1) is 0 Å². The Morgan fingerprint density at radius 2 is 2.05 bits per heavy atom. The van der Waals surface area contributed by atoms with Gasteiger partial charge < -0.3 is 14.0 Å². The van der Waals surface area contributed by atoms with Gasteiger partial charge in [-0.25, -0.2) is 13.6 Å². The zero-order valence-electron chi connectivity index (χ0n) is 11.7. The second-order valence-corrected chi connectivity index (χ2v) is 6.02. The molecule has 0 fully saturated rings. The Kier molecular flexibility index (Phi) is 4.19. The molecule has 0 saturated heterocycles. The van der Waals surface area contributed by atoms with Gasteiger partial charge in [0.1, 0.15) is 23.9 Å². The number of benzene rings is 1. The third-order valence-corrected chi connectivity index (χ3v) is 3.82. The number of para-hydroxylation sites is 1. The largest absolute Gasteiger partial charge is 0.488 e. The summed E-state index contributed by atoms with van der Waals surface area (Å²) >= 11 is 0. The maximum absolute atomic E-state index is 11.6. The third kappa shape index (κ3) is 3.34. The molecule has 0 spiro atoms. The highest BCUT2D eigenvalue weighted by molar-refractivity contribution is 7.89. The van der Waals surface area contributed by atoms with Crippen molar-refractivity contribution in [3.8, 4) is 5.75 Å². The Labute approximate surface area is 122 Å². The van der Waals surface area contributed by atoms with E-state index < -0.39 is 10.0 Å². The van der Waals surface area contributed by atoms with Gasteiger partial charge in [0.2, 0.25) is 10.0 Å². The number of hydrogen-bond acceptors (Lipinski definition) is 5. The zero-order valence-corrected chi connectivity index (χ0v) is 12.5. The molecule has 0 saturated carbocycles. The summed E-state index contributed by atoms with van der Waals surface area (Å²) in [5, 5.41) is 5.69. The molecule has 21 heavy (non-hydrogen) atoms. The fraction of sp³-hybridized carbons (Fsp3) is 0.308. The molecule has 0 aliphatic heterocycles. The molecule has 0 radical (unpaired) electrons. The van der Waals surface area contributed by atoms with E-state index in [2.05, 4.69) is 0 Å². The Morgan fingerprint density at radius 3 is 2.67 bits per heavy atom. The minimum atomic E-state index is -3.81. The summed E-state index contributed by atoms with van der Waals surface area (Å²) in [7, 11) is -2.10. The molecule has 1 aromatic carbocycles. The fourth-order valence-corrected chi connectivity index (χ4v) is 2.85. The molecule has 1 heterocycles. The van der Waals surface area contributed by atoms with Crippen molar-refractivity contribution in [3.05, 3.63) is 24.4 Å². The smallest absolute Gasteiger partial charge is 0.302 e. The number of rotatable bonds is 5.